The van der Waals surface area contributed by atoms with Crippen LogP contribution >= 0.6 is 0 Å². The van der Waals surface area contributed by atoms with Gasteiger partial charge in [0.25, 0.3) is 0 Å². The van der Waals surface area contributed by atoms with Crippen LogP contribution < -0.4 is 5.11 Å². The normalized spacial score (nSPS) is 10.9. The molecule has 22 heavy (non-hydrogen) atoms. The van der Waals surface area contributed by atoms with E-state index in [2.05, 4.69) is 0 Å². The summed E-state index contributed by atoms with van der Waals surface area (Å²) in [5.74, 6) is -1.16. The van der Waals surface area contributed by atoms with Gasteiger partial charge in [-0.15, -0.1) is 0 Å². The molecule has 3 rings (SSSR count). The van der Waals surface area contributed by atoms with E-state index in [4.69, 9.17) is 4.98 Å². The number of aromatic nitrogens is 1. The third-order valence-electron chi connectivity index (χ3n) is 3.99. The van der Waals surface area contributed by atoms with Crippen LogP contribution in [0.15, 0.2) is 42.5 Å². The third-order valence-corrected chi connectivity index (χ3v) is 3.99. The maximum Gasteiger partial charge on any atom is 0.0748 e. The van der Waals surface area contributed by atoms with Crippen molar-refractivity contribution in [1.29, 1.82) is 0 Å². The van der Waals surface area contributed by atoms with Crippen LogP contribution in [0.25, 0.3) is 22.2 Å². The molecule has 0 atom stereocenters. The van der Waals surface area contributed by atoms with Crippen LogP contribution in [0, 0.1) is 20.8 Å². The number of carboxylic acids is 1. The number of pyridine rings is 1. The van der Waals surface area contributed by atoms with Gasteiger partial charge in [-0.2, -0.15) is 0 Å². The molecule has 0 unspecified atom stereocenters. The van der Waals surface area contributed by atoms with E-state index in [0.29, 0.717) is 22.2 Å². The minimum atomic E-state index is -1.16. The number of benzene rings is 2. The van der Waals surface area contributed by atoms with Gasteiger partial charge in [0.05, 0.1) is 17.2 Å². The summed E-state index contributed by atoms with van der Waals surface area (Å²) in [4.78, 5) is 16.3. The molecule has 0 bridgehead atoms. The number of carboxylic acid groups (broad SMARTS) is 1. The highest BCUT2D eigenvalue weighted by Gasteiger charge is 2.15. The van der Waals surface area contributed by atoms with Crippen molar-refractivity contribution >= 4 is 16.9 Å². The summed E-state index contributed by atoms with van der Waals surface area (Å²) in [6.45, 7) is 5.81. The van der Waals surface area contributed by atoms with Gasteiger partial charge in [0.2, 0.25) is 0 Å². The number of fused-ring (bicyclic) bond motifs is 1. The Hall–Kier alpha value is -2.68. The zero-order chi connectivity index (χ0) is 15.9. The van der Waals surface area contributed by atoms with Crippen LogP contribution in [0.4, 0.5) is 0 Å². The minimum absolute atomic E-state index is 0.224. The fraction of sp³-hybridized carbons (Fsp3) is 0.158. The predicted octanol–water partition coefficient (Wildman–Crippen LogP) is 3.19. The molecule has 3 aromatic rings. The highest BCUT2D eigenvalue weighted by atomic mass is 16.4. The first-order chi connectivity index (χ1) is 10.5. The first-order valence-electron chi connectivity index (χ1n) is 7.17. The Morgan fingerprint density at radius 1 is 1.05 bits per heavy atom. The number of hydrogen-bond donors (Lipinski definition) is 0. The van der Waals surface area contributed by atoms with E-state index in [0.717, 1.165) is 16.7 Å². The fourth-order valence-corrected chi connectivity index (χ4v) is 2.82. The van der Waals surface area contributed by atoms with Gasteiger partial charge in [-0.05, 0) is 44.0 Å². The molecule has 0 saturated carbocycles. The van der Waals surface area contributed by atoms with Crippen molar-refractivity contribution in [1.82, 2.24) is 4.98 Å². The second-order valence-corrected chi connectivity index (χ2v) is 5.58. The monoisotopic (exact) mass is 290 g/mol. The van der Waals surface area contributed by atoms with Crippen molar-refractivity contribution in [3.05, 3.63) is 64.7 Å². The van der Waals surface area contributed by atoms with Crippen LogP contribution in [-0.2, 0) is 0 Å². The highest BCUT2D eigenvalue weighted by Crippen LogP contribution is 2.31. The maximum atomic E-state index is 11.6. The van der Waals surface area contributed by atoms with Crippen LogP contribution in [0.3, 0.4) is 0 Å². The number of hydrogen-bond acceptors (Lipinski definition) is 3. The van der Waals surface area contributed by atoms with Crippen LogP contribution in [0.2, 0.25) is 0 Å². The van der Waals surface area contributed by atoms with E-state index in [1.54, 1.807) is 13.0 Å². The largest absolute Gasteiger partial charge is 0.545 e. The molecular formula is C19H16NO2-. The van der Waals surface area contributed by atoms with Gasteiger partial charge < -0.3 is 9.90 Å². The topological polar surface area (TPSA) is 53.0 Å². The molecule has 0 aliphatic rings. The zero-order valence-electron chi connectivity index (χ0n) is 12.8. The molecule has 3 nitrogen and oxygen atoms in total. The molecule has 0 fully saturated rings. The number of carbonyl (C=O) groups excluding carboxylic acids is 1. The van der Waals surface area contributed by atoms with Crippen molar-refractivity contribution in [3.63, 3.8) is 0 Å². The van der Waals surface area contributed by atoms with Crippen LogP contribution in [0.1, 0.15) is 27.0 Å². The average molecular weight is 290 g/mol. The van der Waals surface area contributed by atoms with Gasteiger partial charge in [-0.3, -0.25) is 0 Å². The molecular weight excluding hydrogens is 274 g/mol. The molecule has 0 aliphatic carbocycles. The standard InChI is InChI=1S/C19H17NO2/c1-11-8-9-12(2)15(10-11)18-13(3)17(19(21)22)14-6-4-5-7-16(14)20-18/h4-10H,1-3H3,(H,21,22)/p-1. The maximum absolute atomic E-state index is 11.6. The average Bonchev–Trinajstić information content (AvgIpc) is 2.49. The predicted molar refractivity (Wildman–Crippen MR) is 85.7 cm³/mol. The number of rotatable bonds is 2. The van der Waals surface area contributed by atoms with Crippen molar-refractivity contribution in [3.8, 4) is 11.3 Å². The number of nitrogens with zero attached hydrogens (tertiary/aromatic N) is 1. The van der Waals surface area contributed by atoms with Gasteiger partial charge in [-0.25, -0.2) is 4.98 Å². The van der Waals surface area contributed by atoms with Gasteiger partial charge >= 0.3 is 0 Å². The first kappa shape index (κ1) is 14.3. The number of aromatic carboxylic acids is 1. The Kier molecular flexibility index (Phi) is 3.41. The lowest BCUT2D eigenvalue weighted by molar-refractivity contribution is -0.254. The van der Waals surface area contributed by atoms with Crippen molar-refractivity contribution in [2.24, 2.45) is 0 Å². The fourth-order valence-electron chi connectivity index (χ4n) is 2.82. The molecule has 2 aromatic carbocycles. The lowest BCUT2D eigenvalue weighted by Gasteiger charge is -2.16. The van der Waals surface area contributed by atoms with Gasteiger partial charge in [0, 0.05) is 16.5 Å². The van der Waals surface area contributed by atoms with E-state index in [1.807, 2.05) is 50.2 Å². The third kappa shape index (κ3) is 2.25. The summed E-state index contributed by atoms with van der Waals surface area (Å²) < 4.78 is 0. The van der Waals surface area contributed by atoms with E-state index in [9.17, 15) is 9.90 Å². The van der Waals surface area contributed by atoms with E-state index >= 15 is 0 Å². The van der Waals surface area contributed by atoms with Gasteiger partial charge in [0.1, 0.15) is 0 Å². The zero-order valence-corrected chi connectivity index (χ0v) is 12.8. The van der Waals surface area contributed by atoms with E-state index in [1.165, 1.54) is 0 Å². The van der Waals surface area contributed by atoms with Crippen LogP contribution in [0.5, 0.6) is 0 Å². The Bertz CT molecular complexity index is 897. The summed E-state index contributed by atoms with van der Waals surface area (Å²) in [5, 5.41) is 12.3. The van der Waals surface area contributed by atoms with Crippen molar-refractivity contribution < 1.29 is 9.90 Å². The van der Waals surface area contributed by atoms with Crippen molar-refractivity contribution in [2.75, 3.05) is 0 Å². The number of carbonyl (C=O) groups is 1. The second kappa shape index (κ2) is 5.26. The summed E-state index contributed by atoms with van der Waals surface area (Å²) in [5.41, 5.74) is 5.40. The molecule has 1 aromatic heterocycles. The van der Waals surface area contributed by atoms with Gasteiger partial charge in [-0.1, -0.05) is 35.9 Å². The second-order valence-electron chi connectivity index (χ2n) is 5.58. The Labute approximate surface area is 129 Å². The molecule has 0 saturated heterocycles. The van der Waals surface area contributed by atoms with Crippen LogP contribution in [-0.4, -0.2) is 11.0 Å². The Morgan fingerprint density at radius 2 is 1.77 bits per heavy atom. The molecule has 0 aliphatic heterocycles. The van der Waals surface area contributed by atoms with Crippen molar-refractivity contribution in [2.45, 2.75) is 20.8 Å². The summed E-state index contributed by atoms with van der Waals surface area (Å²) in [7, 11) is 0. The van der Waals surface area contributed by atoms with Gasteiger partial charge in [0.15, 0.2) is 0 Å². The lowest BCUT2D eigenvalue weighted by atomic mass is 9.94. The quantitative estimate of drug-likeness (QED) is 0.728. The first-order valence-corrected chi connectivity index (χ1v) is 7.17. The highest BCUT2D eigenvalue weighted by molar-refractivity contribution is 6.04. The Morgan fingerprint density at radius 3 is 2.50 bits per heavy atom. The lowest BCUT2D eigenvalue weighted by Crippen LogP contribution is -2.24. The van der Waals surface area contributed by atoms with E-state index in [-0.39, 0.29) is 5.56 Å². The summed E-state index contributed by atoms with van der Waals surface area (Å²) in [6, 6.07) is 13.4. The summed E-state index contributed by atoms with van der Waals surface area (Å²) >= 11 is 0. The Balaban J connectivity index is 2.43. The minimum Gasteiger partial charge on any atom is -0.545 e. The number of aryl methyl sites for hydroxylation is 2. The molecule has 1 heterocycles. The molecule has 0 spiro atoms. The number of para-hydroxylation sites is 1. The molecule has 0 radical (unpaired) electrons. The molecule has 0 amide bonds. The smallest absolute Gasteiger partial charge is 0.0748 e. The molecule has 3 heteroatoms. The molecule has 0 N–H and O–H groups in total. The molecule has 110 valence electrons. The SMILES string of the molecule is Cc1ccc(C)c(-c2nc3ccccc3c(C(=O)[O-])c2C)c1. The summed E-state index contributed by atoms with van der Waals surface area (Å²) in [6.07, 6.45) is 0. The van der Waals surface area contributed by atoms with E-state index < -0.39 is 5.97 Å².